The van der Waals surface area contributed by atoms with Crippen molar-refractivity contribution in [2.75, 3.05) is 0 Å². The minimum absolute atomic E-state index is 0.216. The van der Waals surface area contributed by atoms with Crippen LogP contribution in [0.4, 0.5) is 13.2 Å². The van der Waals surface area contributed by atoms with E-state index >= 15 is 0 Å². The second-order valence-corrected chi connectivity index (χ2v) is 4.35. The summed E-state index contributed by atoms with van der Waals surface area (Å²) in [7, 11) is 0. The lowest BCUT2D eigenvalue weighted by molar-refractivity contribution is -0.187. The van der Waals surface area contributed by atoms with Crippen LogP contribution in [0.15, 0.2) is 30.3 Å². The van der Waals surface area contributed by atoms with Crippen molar-refractivity contribution in [1.82, 2.24) is 0 Å². The van der Waals surface area contributed by atoms with Gasteiger partial charge < -0.3 is 4.74 Å². The molecule has 0 unspecified atom stereocenters. The smallest absolute Gasteiger partial charge is 0.352 e. The molecule has 1 aromatic rings. The van der Waals surface area contributed by atoms with Crippen molar-refractivity contribution in [2.24, 2.45) is 0 Å². The lowest BCUT2D eigenvalue weighted by atomic mass is 9.92. The van der Waals surface area contributed by atoms with Crippen LogP contribution >= 0.6 is 0 Å². The average Bonchev–Trinajstić information content (AvgIpc) is 3.03. The fraction of sp³-hybridized carbons (Fsp3) is 0.538. The third-order valence-corrected chi connectivity index (χ3v) is 3.17. The van der Waals surface area contributed by atoms with Crippen LogP contribution in [0.3, 0.4) is 0 Å². The van der Waals surface area contributed by atoms with E-state index in [1.165, 1.54) is 12.1 Å². The summed E-state index contributed by atoms with van der Waals surface area (Å²) in [4.78, 5) is 0. The van der Waals surface area contributed by atoms with Crippen molar-refractivity contribution in [3.05, 3.63) is 35.9 Å². The number of ether oxygens (including phenoxy) is 1. The number of benzene rings is 1. The van der Waals surface area contributed by atoms with Crippen LogP contribution in [0.5, 0.6) is 0 Å². The van der Waals surface area contributed by atoms with Gasteiger partial charge in [0.05, 0.1) is 0 Å². The first-order valence-electron chi connectivity index (χ1n) is 5.82. The van der Waals surface area contributed by atoms with Crippen LogP contribution in [0, 0.1) is 0 Å². The molecule has 1 fully saturated rings. The molecular formula is C13H15F3O. The van der Waals surface area contributed by atoms with Crippen molar-refractivity contribution >= 4 is 0 Å². The van der Waals surface area contributed by atoms with E-state index in [1.54, 1.807) is 18.2 Å². The zero-order valence-corrected chi connectivity index (χ0v) is 9.63. The molecule has 0 aromatic heterocycles. The topological polar surface area (TPSA) is 12.5 Å². The van der Waals surface area contributed by atoms with Gasteiger partial charge in [0.25, 0.3) is 0 Å². The second kappa shape index (κ2) is 4.33. The fourth-order valence-corrected chi connectivity index (χ4v) is 2.19. The van der Waals surface area contributed by atoms with Gasteiger partial charge in [0.15, 0.2) is 0 Å². The summed E-state index contributed by atoms with van der Waals surface area (Å²) >= 11 is 0. The van der Waals surface area contributed by atoms with Gasteiger partial charge in [-0.15, -0.1) is 0 Å². The number of rotatable bonds is 4. The number of halogens is 3. The zero-order valence-electron chi connectivity index (χ0n) is 9.63. The van der Waals surface area contributed by atoms with Crippen molar-refractivity contribution in [1.29, 1.82) is 0 Å². The van der Waals surface area contributed by atoms with E-state index in [2.05, 4.69) is 0 Å². The average molecular weight is 244 g/mol. The summed E-state index contributed by atoms with van der Waals surface area (Å²) in [6, 6.07) is 7.90. The minimum Gasteiger partial charge on any atom is -0.352 e. The molecule has 0 amide bonds. The highest BCUT2D eigenvalue weighted by atomic mass is 19.4. The van der Waals surface area contributed by atoms with Gasteiger partial charge in [0.2, 0.25) is 5.60 Å². The van der Waals surface area contributed by atoms with E-state index in [9.17, 15) is 13.2 Å². The number of hydrogen-bond acceptors (Lipinski definition) is 1. The molecule has 0 bridgehead atoms. The lowest BCUT2D eigenvalue weighted by Gasteiger charge is -2.17. The molecule has 0 radical (unpaired) electrons. The molecule has 1 nitrogen and oxygen atoms in total. The van der Waals surface area contributed by atoms with Crippen molar-refractivity contribution in [2.45, 2.75) is 44.1 Å². The van der Waals surface area contributed by atoms with E-state index in [4.69, 9.17) is 4.74 Å². The summed E-state index contributed by atoms with van der Waals surface area (Å²) in [5, 5.41) is 0. The molecule has 0 N–H and O–H groups in total. The Morgan fingerprint density at radius 2 is 1.88 bits per heavy atom. The Labute approximate surface area is 98.6 Å². The van der Waals surface area contributed by atoms with Gasteiger partial charge in [0, 0.05) is 0 Å². The van der Waals surface area contributed by atoms with E-state index in [0.29, 0.717) is 6.42 Å². The van der Waals surface area contributed by atoms with Gasteiger partial charge in [0.1, 0.15) is 6.10 Å². The van der Waals surface area contributed by atoms with Crippen LogP contribution in [0.2, 0.25) is 0 Å². The van der Waals surface area contributed by atoms with Crippen LogP contribution in [0.1, 0.15) is 31.7 Å². The maximum Gasteiger partial charge on any atom is 0.424 e. The number of unbranched alkanes of at least 4 members (excludes halogenated alkanes) is 1. The van der Waals surface area contributed by atoms with Crippen LogP contribution in [-0.4, -0.2) is 12.3 Å². The van der Waals surface area contributed by atoms with E-state index < -0.39 is 17.9 Å². The molecule has 2 rings (SSSR count). The monoisotopic (exact) mass is 244 g/mol. The Morgan fingerprint density at radius 3 is 2.41 bits per heavy atom. The van der Waals surface area contributed by atoms with Gasteiger partial charge in [-0.2, -0.15) is 13.2 Å². The van der Waals surface area contributed by atoms with E-state index in [-0.39, 0.29) is 5.56 Å². The second-order valence-electron chi connectivity index (χ2n) is 4.35. The van der Waals surface area contributed by atoms with Crippen molar-refractivity contribution in [3.63, 3.8) is 0 Å². The quantitative estimate of drug-likeness (QED) is 0.728. The molecule has 1 heterocycles. The normalized spacial score (nSPS) is 28.1. The first kappa shape index (κ1) is 12.4. The standard InChI is InChI=1S/C13H15F3O/c1-2-3-9-11-12(17-11,13(14,15)16)10-7-5-4-6-8-10/h4-8,11H,2-3,9H2,1H3/t11-,12+/m0/s1. The number of hydrogen-bond donors (Lipinski definition) is 0. The van der Waals surface area contributed by atoms with E-state index in [0.717, 1.165) is 12.8 Å². The van der Waals surface area contributed by atoms with Crippen molar-refractivity contribution in [3.8, 4) is 0 Å². The molecule has 1 aliphatic heterocycles. The summed E-state index contributed by atoms with van der Waals surface area (Å²) in [6.07, 6.45) is -2.96. The molecule has 0 spiro atoms. The largest absolute Gasteiger partial charge is 0.424 e. The summed E-state index contributed by atoms with van der Waals surface area (Å²) in [5.41, 5.74) is -1.84. The number of epoxide rings is 1. The maximum absolute atomic E-state index is 13.1. The van der Waals surface area contributed by atoms with Crippen molar-refractivity contribution < 1.29 is 17.9 Å². The van der Waals surface area contributed by atoms with Gasteiger partial charge in [-0.3, -0.25) is 0 Å². The first-order valence-corrected chi connectivity index (χ1v) is 5.82. The predicted molar refractivity (Wildman–Crippen MR) is 58.6 cm³/mol. The first-order chi connectivity index (χ1) is 8.02. The maximum atomic E-state index is 13.1. The molecule has 17 heavy (non-hydrogen) atoms. The number of alkyl halides is 3. The Morgan fingerprint density at radius 1 is 1.24 bits per heavy atom. The zero-order chi connectivity index (χ0) is 12.5. The third kappa shape index (κ3) is 2.06. The minimum atomic E-state index is -4.34. The highest BCUT2D eigenvalue weighted by Crippen LogP contribution is 2.58. The van der Waals surface area contributed by atoms with Crippen LogP contribution in [-0.2, 0) is 10.3 Å². The molecule has 4 heteroatoms. The Kier molecular flexibility index (Phi) is 3.17. The highest BCUT2D eigenvalue weighted by Gasteiger charge is 2.73. The molecule has 0 aliphatic carbocycles. The molecule has 1 aliphatic rings. The predicted octanol–water partition coefficient (Wildman–Crippen LogP) is 4.03. The summed E-state index contributed by atoms with van der Waals surface area (Å²) < 4.78 is 44.4. The van der Waals surface area contributed by atoms with Crippen LogP contribution in [0.25, 0.3) is 0 Å². The third-order valence-electron chi connectivity index (χ3n) is 3.17. The van der Waals surface area contributed by atoms with Crippen LogP contribution < -0.4 is 0 Å². The molecule has 0 saturated carbocycles. The highest BCUT2D eigenvalue weighted by molar-refractivity contribution is 5.31. The van der Waals surface area contributed by atoms with E-state index in [1.807, 2.05) is 6.92 Å². The molecule has 1 saturated heterocycles. The molecule has 1 aromatic carbocycles. The Bertz CT molecular complexity index is 374. The van der Waals surface area contributed by atoms with Gasteiger partial charge in [-0.05, 0) is 12.0 Å². The van der Waals surface area contributed by atoms with Gasteiger partial charge in [-0.25, -0.2) is 0 Å². The summed E-state index contributed by atoms with van der Waals surface area (Å²) in [5.74, 6) is 0. The molecule has 94 valence electrons. The lowest BCUT2D eigenvalue weighted by Crippen LogP contribution is -2.32. The summed E-state index contributed by atoms with van der Waals surface area (Å²) in [6.45, 7) is 1.96. The fourth-order valence-electron chi connectivity index (χ4n) is 2.19. The molecular weight excluding hydrogens is 229 g/mol. The Hall–Kier alpha value is -1.03. The van der Waals surface area contributed by atoms with Gasteiger partial charge >= 0.3 is 6.18 Å². The van der Waals surface area contributed by atoms with Gasteiger partial charge in [-0.1, -0.05) is 50.1 Å². The SMILES string of the molecule is CCCC[C@@H]1O[C@@]1(c1ccccc1)C(F)(F)F. The molecule has 2 atom stereocenters. The Balaban J connectivity index is 2.24.